The summed E-state index contributed by atoms with van der Waals surface area (Å²) in [6, 6.07) is 8.68. The maximum atomic E-state index is 11.6. The number of sulfonamides is 1. The van der Waals surface area contributed by atoms with E-state index in [-0.39, 0.29) is 0 Å². The number of hydrogen-bond donors (Lipinski definition) is 1. The van der Waals surface area contributed by atoms with E-state index in [1.54, 1.807) is 4.31 Å². The van der Waals surface area contributed by atoms with Crippen molar-refractivity contribution in [2.45, 2.75) is 32.7 Å². The Morgan fingerprint density at radius 3 is 2.76 bits per heavy atom. The van der Waals surface area contributed by atoms with Crippen LogP contribution in [-0.4, -0.2) is 38.6 Å². The zero-order valence-corrected chi connectivity index (χ0v) is 14.0. The van der Waals surface area contributed by atoms with E-state index in [0.29, 0.717) is 25.0 Å². The van der Waals surface area contributed by atoms with Crippen molar-refractivity contribution in [3.05, 3.63) is 35.4 Å². The lowest BCUT2D eigenvalue weighted by Crippen LogP contribution is -2.42. The number of hydrogen-bond acceptors (Lipinski definition) is 3. The van der Waals surface area contributed by atoms with Gasteiger partial charge in [-0.1, -0.05) is 24.3 Å². The van der Waals surface area contributed by atoms with E-state index in [0.717, 1.165) is 19.4 Å². The van der Waals surface area contributed by atoms with Crippen molar-refractivity contribution >= 4 is 10.0 Å². The van der Waals surface area contributed by atoms with Crippen LogP contribution in [0.2, 0.25) is 0 Å². The molecule has 1 unspecified atom stereocenters. The van der Waals surface area contributed by atoms with Crippen molar-refractivity contribution < 1.29 is 8.42 Å². The summed E-state index contributed by atoms with van der Waals surface area (Å²) in [7, 11) is -3.05. The maximum Gasteiger partial charge on any atom is 0.211 e. The topological polar surface area (TPSA) is 49.4 Å². The van der Waals surface area contributed by atoms with Gasteiger partial charge in [0.2, 0.25) is 10.0 Å². The molecule has 1 N–H and O–H groups in total. The summed E-state index contributed by atoms with van der Waals surface area (Å²) in [4.78, 5) is 0. The molecule has 0 bridgehead atoms. The van der Waals surface area contributed by atoms with Crippen molar-refractivity contribution in [3.63, 3.8) is 0 Å². The molecule has 0 amide bonds. The average Bonchev–Trinajstić information content (AvgIpc) is 2.45. The first-order valence-electron chi connectivity index (χ1n) is 7.62. The predicted octanol–water partition coefficient (Wildman–Crippen LogP) is 2.32. The molecule has 4 nitrogen and oxygen atoms in total. The minimum absolute atomic E-state index is 0.291. The first kappa shape index (κ1) is 16.5. The van der Waals surface area contributed by atoms with Crippen LogP contribution in [0.25, 0.3) is 0 Å². The second-order valence-electron chi connectivity index (χ2n) is 6.12. The molecule has 0 aliphatic carbocycles. The van der Waals surface area contributed by atoms with E-state index in [9.17, 15) is 8.42 Å². The molecule has 1 aromatic carbocycles. The predicted molar refractivity (Wildman–Crippen MR) is 86.7 cm³/mol. The lowest BCUT2D eigenvalue weighted by Gasteiger charge is -2.32. The monoisotopic (exact) mass is 310 g/mol. The van der Waals surface area contributed by atoms with Gasteiger partial charge in [-0.05, 0) is 50.3 Å². The minimum Gasteiger partial charge on any atom is -0.310 e. The van der Waals surface area contributed by atoms with Crippen LogP contribution in [0.3, 0.4) is 0 Å². The second kappa shape index (κ2) is 6.90. The van der Waals surface area contributed by atoms with E-state index in [4.69, 9.17) is 0 Å². The number of nitrogens with one attached hydrogen (secondary N) is 1. The number of benzene rings is 1. The molecule has 1 aliphatic rings. The van der Waals surface area contributed by atoms with Crippen molar-refractivity contribution in [1.82, 2.24) is 9.62 Å². The number of nitrogens with zero attached hydrogens (tertiary/aromatic N) is 1. The fourth-order valence-electron chi connectivity index (χ4n) is 3.02. The Hall–Kier alpha value is -0.910. The van der Waals surface area contributed by atoms with E-state index >= 15 is 0 Å². The molecule has 1 saturated heterocycles. The largest absolute Gasteiger partial charge is 0.310 e. The van der Waals surface area contributed by atoms with Crippen molar-refractivity contribution in [2.75, 3.05) is 25.9 Å². The fourth-order valence-corrected chi connectivity index (χ4v) is 3.96. The molecule has 0 aromatic heterocycles. The van der Waals surface area contributed by atoms with Crippen LogP contribution in [-0.2, 0) is 10.0 Å². The van der Waals surface area contributed by atoms with Gasteiger partial charge in [0.1, 0.15) is 0 Å². The van der Waals surface area contributed by atoms with Crippen molar-refractivity contribution in [2.24, 2.45) is 5.92 Å². The molecule has 0 saturated carbocycles. The van der Waals surface area contributed by atoms with E-state index in [1.165, 1.54) is 17.4 Å². The molecule has 21 heavy (non-hydrogen) atoms. The first-order valence-corrected chi connectivity index (χ1v) is 9.47. The van der Waals surface area contributed by atoms with E-state index in [1.807, 2.05) is 0 Å². The molecule has 2 atom stereocenters. The lowest BCUT2D eigenvalue weighted by molar-refractivity contribution is 0.257. The third-order valence-electron chi connectivity index (χ3n) is 4.32. The Labute approximate surface area is 128 Å². The Bertz CT molecular complexity index is 571. The highest BCUT2D eigenvalue weighted by atomic mass is 32.2. The molecule has 0 spiro atoms. The highest BCUT2D eigenvalue weighted by Gasteiger charge is 2.25. The molecule has 1 aliphatic heterocycles. The third kappa shape index (κ3) is 4.53. The van der Waals surface area contributed by atoms with Gasteiger partial charge in [-0.3, -0.25) is 0 Å². The van der Waals surface area contributed by atoms with Crippen LogP contribution in [0.5, 0.6) is 0 Å². The maximum absolute atomic E-state index is 11.6. The first-order chi connectivity index (χ1) is 9.88. The molecule has 1 aromatic rings. The highest BCUT2D eigenvalue weighted by molar-refractivity contribution is 7.88. The van der Waals surface area contributed by atoms with Crippen LogP contribution < -0.4 is 5.32 Å². The fraction of sp³-hybridized carbons (Fsp3) is 0.625. The molecule has 0 radical (unpaired) electrons. The molecule has 1 fully saturated rings. The molecular formula is C16H26N2O2S. The summed E-state index contributed by atoms with van der Waals surface area (Å²) < 4.78 is 24.9. The normalized spacial score (nSPS) is 22.1. The molecule has 5 heteroatoms. The minimum atomic E-state index is -3.05. The van der Waals surface area contributed by atoms with Gasteiger partial charge in [-0.15, -0.1) is 0 Å². The Balaban J connectivity index is 1.90. The Morgan fingerprint density at radius 2 is 2.10 bits per heavy atom. The molecule has 1 heterocycles. The zero-order valence-electron chi connectivity index (χ0n) is 13.2. The average molecular weight is 310 g/mol. The Kier molecular flexibility index (Phi) is 5.41. The van der Waals surface area contributed by atoms with E-state index in [2.05, 4.69) is 43.4 Å². The van der Waals surface area contributed by atoms with Gasteiger partial charge in [0.15, 0.2) is 0 Å². The SMILES string of the molecule is Cc1ccccc1[C@H](C)NCC1CCCN(S(C)(=O)=O)C1. The van der Waals surface area contributed by atoms with Gasteiger partial charge < -0.3 is 5.32 Å². The summed E-state index contributed by atoms with van der Waals surface area (Å²) in [5.41, 5.74) is 2.60. The number of aryl methyl sites for hydroxylation is 1. The van der Waals surface area contributed by atoms with Gasteiger partial charge in [0.05, 0.1) is 6.26 Å². The molecular weight excluding hydrogens is 284 g/mol. The van der Waals surface area contributed by atoms with Gasteiger partial charge >= 0.3 is 0 Å². The van der Waals surface area contributed by atoms with Crippen LogP contribution in [0.4, 0.5) is 0 Å². The van der Waals surface area contributed by atoms with Gasteiger partial charge in [-0.25, -0.2) is 12.7 Å². The van der Waals surface area contributed by atoms with Crippen LogP contribution >= 0.6 is 0 Å². The van der Waals surface area contributed by atoms with Crippen LogP contribution in [0.15, 0.2) is 24.3 Å². The summed E-state index contributed by atoms with van der Waals surface area (Å²) >= 11 is 0. The quantitative estimate of drug-likeness (QED) is 0.908. The lowest BCUT2D eigenvalue weighted by atomic mass is 9.98. The summed E-state index contributed by atoms with van der Waals surface area (Å²) in [6.45, 7) is 6.47. The van der Waals surface area contributed by atoms with Gasteiger partial charge in [-0.2, -0.15) is 0 Å². The summed E-state index contributed by atoms with van der Waals surface area (Å²) in [5.74, 6) is 0.403. The third-order valence-corrected chi connectivity index (χ3v) is 5.59. The smallest absolute Gasteiger partial charge is 0.211 e. The zero-order chi connectivity index (χ0) is 15.5. The highest BCUT2D eigenvalue weighted by Crippen LogP contribution is 2.21. The van der Waals surface area contributed by atoms with Crippen molar-refractivity contribution in [1.29, 1.82) is 0 Å². The standard InChI is InChI=1S/C16H26N2O2S/c1-13-7-4-5-9-16(13)14(2)17-11-15-8-6-10-18(12-15)21(3,19)20/h4-5,7,9,14-15,17H,6,8,10-12H2,1-3H3/t14-,15?/m0/s1. The number of piperidine rings is 1. The van der Waals surface area contributed by atoms with Gasteiger partial charge in [0, 0.05) is 19.1 Å². The number of rotatable bonds is 5. The second-order valence-corrected chi connectivity index (χ2v) is 8.10. The van der Waals surface area contributed by atoms with Crippen molar-refractivity contribution in [3.8, 4) is 0 Å². The molecule has 118 valence electrons. The van der Waals surface area contributed by atoms with Crippen LogP contribution in [0.1, 0.15) is 36.9 Å². The molecule has 2 rings (SSSR count). The summed E-state index contributed by atoms with van der Waals surface area (Å²) in [6.07, 6.45) is 3.36. The van der Waals surface area contributed by atoms with Gasteiger partial charge in [0.25, 0.3) is 0 Å². The van der Waals surface area contributed by atoms with Crippen LogP contribution in [0, 0.1) is 12.8 Å². The van der Waals surface area contributed by atoms with E-state index < -0.39 is 10.0 Å². The summed E-state index contributed by atoms with van der Waals surface area (Å²) in [5, 5.41) is 3.56. The Morgan fingerprint density at radius 1 is 1.38 bits per heavy atom.